The Labute approximate surface area is 201 Å². The molecule has 7 rings (SSSR count). The van der Waals surface area contributed by atoms with Crippen LogP contribution in [0.2, 0.25) is 0 Å². The van der Waals surface area contributed by atoms with Gasteiger partial charge in [-0.3, -0.25) is 4.79 Å². The Hall–Kier alpha value is -2.91. The molecule has 1 aliphatic heterocycles. The monoisotopic (exact) mass is 456 g/mol. The second kappa shape index (κ2) is 8.70. The summed E-state index contributed by atoms with van der Waals surface area (Å²) in [4.78, 5) is 12.9. The fourth-order valence-corrected chi connectivity index (χ4v) is 7.43. The van der Waals surface area contributed by atoms with Gasteiger partial charge in [-0.25, -0.2) is 4.68 Å². The van der Waals surface area contributed by atoms with Crippen LogP contribution in [0.3, 0.4) is 0 Å². The molecule has 1 atom stereocenters. The molecule has 176 valence electrons. The molecule has 1 unspecified atom stereocenters. The molecule has 6 heteroatoms. The third-order valence-corrected chi connectivity index (χ3v) is 8.48. The van der Waals surface area contributed by atoms with E-state index < -0.39 is 0 Å². The van der Waals surface area contributed by atoms with Crippen LogP contribution in [0.25, 0.3) is 11.8 Å². The van der Waals surface area contributed by atoms with Gasteiger partial charge >= 0.3 is 0 Å². The van der Waals surface area contributed by atoms with Gasteiger partial charge < -0.3 is 10.1 Å². The number of carbonyl (C=O) groups excluding carboxylic acids is 1. The summed E-state index contributed by atoms with van der Waals surface area (Å²) >= 11 is 0. The topological polar surface area (TPSA) is 79.9 Å². The summed E-state index contributed by atoms with van der Waals surface area (Å²) in [5.74, 6) is 2.03. The maximum Gasteiger partial charge on any atom is 0.262 e. The number of nitrogens with zero attached hydrogens (tertiary/aromatic N) is 3. The molecule has 4 aliphatic carbocycles. The first-order valence-corrected chi connectivity index (χ1v) is 12.8. The van der Waals surface area contributed by atoms with Crippen molar-refractivity contribution < 1.29 is 9.53 Å². The van der Waals surface area contributed by atoms with Crippen LogP contribution in [0.1, 0.15) is 62.6 Å². The van der Waals surface area contributed by atoms with E-state index in [0.29, 0.717) is 6.54 Å². The first-order valence-electron chi connectivity index (χ1n) is 12.8. The van der Waals surface area contributed by atoms with Crippen LogP contribution in [0, 0.1) is 29.1 Å². The molecule has 1 N–H and O–H groups in total. The molecule has 6 nitrogen and oxygen atoms in total. The summed E-state index contributed by atoms with van der Waals surface area (Å²) in [5, 5.41) is 17.9. The third kappa shape index (κ3) is 3.96. The highest BCUT2D eigenvalue weighted by molar-refractivity contribution is 6.01. The highest BCUT2D eigenvalue weighted by Crippen LogP contribution is 2.61. The van der Waals surface area contributed by atoms with Crippen molar-refractivity contribution >= 4 is 12.0 Å². The van der Waals surface area contributed by atoms with E-state index in [4.69, 9.17) is 9.84 Å². The van der Waals surface area contributed by atoms with Crippen molar-refractivity contribution in [2.45, 2.75) is 62.9 Å². The molecule has 1 aromatic carbocycles. The minimum Gasteiger partial charge on any atom is -0.376 e. The van der Waals surface area contributed by atoms with E-state index in [0.717, 1.165) is 54.1 Å². The molecule has 5 fully saturated rings. The number of carbonyl (C=O) groups is 1. The zero-order valence-corrected chi connectivity index (χ0v) is 19.6. The van der Waals surface area contributed by atoms with E-state index in [1.54, 1.807) is 6.08 Å². The van der Waals surface area contributed by atoms with Crippen molar-refractivity contribution in [2.75, 3.05) is 13.2 Å². The summed E-state index contributed by atoms with van der Waals surface area (Å²) in [5.41, 5.74) is 3.19. The van der Waals surface area contributed by atoms with Crippen molar-refractivity contribution in [1.29, 1.82) is 5.26 Å². The normalized spacial score (nSPS) is 32.0. The Kier molecular flexibility index (Phi) is 5.53. The highest BCUT2D eigenvalue weighted by Gasteiger charge is 2.53. The van der Waals surface area contributed by atoms with E-state index in [1.807, 2.05) is 41.2 Å². The number of rotatable bonds is 6. The Morgan fingerprint density at radius 3 is 2.50 bits per heavy atom. The average molecular weight is 457 g/mol. The van der Waals surface area contributed by atoms with Gasteiger partial charge in [-0.2, -0.15) is 10.4 Å². The molecule has 1 aromatic heterocycles. The molecule has 5 aliphatic rings. The number of hydrogen-bond acceptors (Lipinski definition) is 4. The van der Waals surface area contributed by atoms with Gasteiger partial charge in [0.25, 0.3) is 5.91 Å². The fourth-order valence-electron chi connectivity index (χ4n) is 7.43. The van der Waals surface area contributed by atoms with E-state index >= 15 is 0 Å². The number of amides is 1. The fraction of sp³-hybridized carbons (Fsp3) is 0.536. The zero-order valence-electron chi connectivity index (χ0n) is 19.6. The van der Waals surface area contributed by atoms with Crippen molar-refractivity contribution in [2.24, 2.45) is 17.8 Å². The predicted molar refractivity (Wildman–Crippen MR) is 129 cm³/mol. The second-order valence-electron chi connectivity index (χ2n) is 10.9. The summed E-state index contributed by atoms with van der Waals surface area (Å²) in [7, 11) is 0. The minimum absolute atomic E-state index is 0.0484. The van der Waals surface area contributed by atoms with Crippen LogP contribution in [0.5, 0.6) is 0 Å². The number of benzene rings is 1. The largest absolute Gasteiger partial charge is 0.376 e. The zero-order chi connectivity index (χ0) is 23.1. The first-order chi connectivity index (χ1) is 16.6. The number of ether oxygens (including phenoxy) is 1. The molecule has 2 heterocycles. The van der Waals surface area contributed by atoms with Crippen molar-refractivity contribution in [3.63, 3.8) is 0 Å². The van der Waals surface area contributed by atoms with Crippen LogP contribution < -0.4 is 5.32 Å². The molecule has 4 bridgehead atoms. The minimum atomic E-state index is -0.332. The SMILES string of the molecule is N#CC(=Cc1cn(-c2ccccc2)nc1C12CC3CC(CC(C3)C1)C2)C(=O)NCC1CCCO1. The molecule has 2 aromatic rings. The van der Waals surface area contributed by atoms with Crippen LogP contribution in [-0.2, 0) is 14.9 Å². The average Bonchev–Trinajstić information content (AvgIpc) is 3.51. The van der Waals surface area contributed by atoms with E-state index in [2.05, 4.69) is 11.4 Å². The highest BCUT2D eigenvalue weighted by atomic mass is 16.5. The smallest absolute Gasteiger partial charge is 0.262 e. The van der Waals surface area contributed by atoms with Gasteiger partial charge in [0.05, 0.1) is 17.5 Å². The van der Waals surface area contributed by atoms with E-state index in [9.17, 15) is 10.1 Å². The molecular formula is C28H32N4O2. The van der Waals surface area contributed by atoms with Gasteiger partial charge in [0.2, 0.25) is 0 Å². The molecule has 1 saturated heterocycles. The number of nitriles is 1. The Morgan fingerprint density at radius 2 is 1.88 bits per heavy atom. The number of aromatic nitrogens is 2. The predicted octanol–water partition coefficient (Wildman–Crippen LogP) is 4.54. The maximum absolute atomic E-state index is 12.9. The molecule has 0 radical (unpaired) electrons. The lowest BCUT2D eigenvalue weighted by molar-refractivity contribution is -0.117. The quantitative estimate of drug-likeness (QED) is 0.511. The van der Waals surface area contributed by atoms with Crippen LogP contribution in [0.4, 0.5) is 0 Å². The van der Waals surface area contributed by atoms with Gasteiger partial charge in [0.15, 0.2) is 0 Å². The summed E-state index contributed by atoms with van der Waals surface area (Å²) < 4.78 is 7.54. The van der Waals surface area contributed by atoms with E-state index in [1.165, 1.54) is 38.5 Å². The molecule has 4 saturated carbocycles. The second-order valence-corrected chi connectivity index (χ2v) is 10.9. The van der Waals surface area contributed by atoms with Gasteiger partial charge in [-0.15, -0.1) is 0 Å². The standard InChI is InChI=1S/C28H32N4O2/c29-16-22(27(33)30-17-25-7-4-8-34-25)12-23-18-32(24-5-2-1-3-6-24)31-26(23)28-13-19-9-20(14-28)11-21(10-19)15-28/h1-3,5-6,12,18-21,25H,4,7-11,13-15,17H2,(H,30,33). The number of para-hydroxylation sites is 1. The van der Waals surface area contributed by atoms with Gasteiger partial charge in [-0.1, -0.05) is 18.2 Å². The Bertz CT molecular complexity index is 1100. The van der Waals surface area contributed by atoms with E-state index in [-0.39, 0.29) is 23.0 Å². The van der Waals surface area contributed by atoms with Gasteiger partial charge in [-0.05, 0) is 87.3 Å². The van der Waals surface area contributed by atoms with Crippen molar-refractivity contribution in [1.82, 2.24) is 15.1 Å². The summed E-state index contributed by atoms with van der Waals surface area (Å²) in [6.07, 6.45) is 13.4. The lowest BCUT2D eigenvalue weighted by Gasteiger charge is -2.56. The van der Waals surface area contributed by atoms with Gasteiger partial charge in [0.1, 0.15) is 11.6 Å². The summed E-state index contributed by atoms with van der Waals surface area (Å²) in [6, 6.07) is 12.3. The van der Waals surface area contributed by atoms with Gasteiger partial charge in [0, 0.05) is 30.3 Å². The Morgan fingerprint density at radius 1 is 1.18 bits per heavy atom. The summed E-state index contributed by atoms with van der Waals surface area (Å²) in [6.45, 7) is 1.19. The Balaban J connectivity index is 1.35. The van der Waals surface area contributed by atoms with Crippen LogP contribution in [-0.4, -0.2) is 34.9 Å². The number of hydrogen-bond donors (Lipinski definition) is 1. The third-order valence-electron chi connectivity index (χ3n) is 8.48. The van der Waals surface area contributed by atoms with Crippen LogP contribution in [0.15, 0.2) is 42.1 Å². The van der Waals surface area contributed by atoms with Crippen molar-refractivity contribution in [3.8, 4) is 11.8 Å². The molecule has 1 amide bonds. The first kappa shape index (κ1) is 21.6. The van der Waals surface area contributed by atoms with Crippen LogP contribution >= 0.6 is 0 Å². The maximum atomic E-state index is 12.9. The lowest BCUT2D eigenvalue weighted by Crippen LogP contribution is -2.49. The molecule has 0 spiro atoms. The lowest BCUT2D eigenvalue weighted by atomic mass is 9.48. The molecule has 34 heavy (non-hydrogen) atoms. The van der Waals surface area contributed by atoms with Crippen molar-refractivity contribution in [3.05, 3.63) is 53.4 Å². The number of nitrogens with one attached hydrogen (secondary N) is 1. The molecular weight excluding hydrogens is 424 g/mol.